The molecule has 1 amide bonds. The summed E-state index contributed by atoms with van der Waals surface area (Å²) in [7, 11) is 2.62. The first-order chi connectivity index (χ1) is 23.8. The number of nitrogens with zero attached hydrogens (tertiary/aromatic N) is 5. The predicted molar refractivity (Wildman–Crippen MR) is 174 cm³/mol. The number of aryl methyl sites for hydroxylation is 2. The highest BCUT2D eigenvalue weighted by atomic mass is 19.4. The molecule has 6 rings (SSSR count). The van der Waals surface area contributed by atoms with Crippen molar-refractivity contribution in [2.75, 3.05) is 31.8 Å². The molecule has 1 aliphatic rings. The Kier molecular flexibility index (Phi) is 9.14. The molecule has 16 heteroatoms. The molecule has 12 nitrogen and oxygen atoms in total. The fourth-order valence-corrected chi connectivity index (χ4v) is 6.23. The molecule has 0 saturated carbocycles. The van der Waals surface area contributed by atoms with Crippen molar-refractivity contribution in [2.24, 2.45) is 7.05 Å². The number of nitrogens with one attached hydrogen (secondary N) is 1. The lowest BCUT2D eigenvalue weighted by Crippen LogP contribution is -2.53. The van der Waals surface area contributed by atoms with Crippen molar-refractivity contribution in [3.8, 4) is 5.69 Å². The Morgan fingerprint density at radius 3 is 2.62 bits per heavy atom. The van der Waals surface area contributed by atoms with Crippen LogP contribution >= 0.6 is 0 Å². The highest BCUT2D eigenvalue weighted by Crippen LogP contribution is 2.33. The lowest BCUT2D eigenvalue weighted by atomic mass is 9.99. The minimum absolute atomic E-state index is 0.00877. The van der Waals surface area contributed by atoms with Crippen molar-refractivity contribution in [3.05, 3.63) is 104 Å². The molecule has 5 aromatic rings. The first kappa shape index (κ1) is 34.2. The van der Waals surface area contributed by atoms with E-state index in [2.05, 4.69) is 15.3 Å². The number of morpholine rings is 1. The second kappa shape index (κ2) is 13.3. The van der Waals surface area contributed by atoms with Crippen molar-refractivity contribution < 1.29 is 36.6 Å². The summed E-state index contributed by atoms with van der Waals surface area (Å²) in [6.45, 7) is 0.633. The van der Waals surface area contributed by atoms with E-state index in [0.717, 1.165) is 22.6 Å². The molecular formula is C34H30F4N6O6. The molecule has 0 unspecified atom stereocenters. The van der Waals surface area contributed by atoms with E-state index in [1.165, 1.54) is 55.3 Å². The second-order valence-corrected chi connectivity index (χ2v) is 11.7. The van der Waals surface area contributed by atoms with Gasteiger partial charge in [-0.05, 0) is 48.4 Å². The summed E-state index contributed by atoms with van der Waals surface area (Å²) in [6.07, 6.45) is -0.479. The van der Waals surface area contributed by atoms with Crippen molar-refractivity contribution in [3.63, 3.8) is 0 Å². The number of alkyl halides is 3. The third-order valence-corrected chi connectivity index (χ3v) is 8.70. The van der Waals surface area contributed by atoms with Gasteiger partial charge in [0.2, 0.25) is 0 Å². The molecule has 2 aromatic carbocycles. The number of methoxy groups -OCH3 is 1. The number of ether oxygens (including phenoxy) is 2. The smallest absolute Gasteiger partial charge is 0.411 e. The molecule has 4 heterocycles. The van der Waals surface area contributed by atoms with Gasteiger partial charge in [-0.15, -0.1) is 0 Å². The van der Waals surface area contributed by atoms with E-state index in [-0.39, 0.29) is 47.4 Å². The number of carbonyl (C=O) groups excluding carboxylic acids is 2. The van der Waals surface area contributed by atoms with E-state index in [0.29, 0.717) is 16.5 Å². The standard InChI is InChI=1S/C34H30F4N6O6/c1-18-13-20(43-11-12-50-17-27(43)34(36,37)38)15-23(35)28(18)30(45)41-24(32(47)49-3)14-19-6-7-25(29-21(19)5-4-9-40-29)44-31(46)22-8-10-39-16-26(22)42(2)33(44)48/h4-10,13,15-16,24,27H,11-12,14,17H2,1-3H3,(H,41,45)/t24-,27+/m0/s1. The van der Waals surface area contributed by atoms with Crippen molar-refractivity contribution in [2.45, 2.75) is 31.6 Å². The van der Waals surface area contributed by atoms with Gasteiger partial charge in [0.25, 0.3) is 11.5 Å². The van der Waals surface area contributed by atoms with Crippen LogP contribution in [0, 0.1) is 12.7 Å². The van der Waals surface area contributed by atoms with Gasteiger partial charge < -0.3 is 19.7 Å². The molecule has 1 fully saturated rings. The molecule has 1 aliphatic heterocycles. The van der Waals surface area contributed by atoms with Gasteiger partial charge in [-0.3, -0.25) is 24.1 Å². The van der Waals surface area contributed by atoms with Crippen LogP contribution in [0.4, 0.5) is 23.2 Å². The predicted octanol–water partition coefficient (Wildman–Crippen LogP) is 3.36. The number of benzene rings is 2. The van der Waals surface area contributed by atoms with E-state index >= 15 is 4.39 Å². The Bertz CT molecular complexity index is 2250. The van der Waals surface area contributed by atoms with Crippen LogP contribution in [0.1, 0.15) is 21.5 Å². The van der Waals surface area contributed by atoms with E-state index in [4.69, 9.17) is 9.47 Å². The van der Waals surface area contributed by atoms with Crippen LogP contribution in [-0.2, 0) is 27.7 Å². The molecule has 1 saturated heterocycles. The molecular weight excluding hydrogens is 664 g/mol. The molecule has 0 spiro atoms. The average Bonchev–Trinajstić information content (AvgIpc) is 3.10. The van der Waals surface area contributed by atoms with Gasteiger partial charge in [0, 0.05) is 43.5 Å². The van der Waals surface area contributed by atoms with Gasteiger partial charge in [-0.25, -0.2) is 18.5 Å². The Morgan fingerprint density at radius 2 is 1.90 bits per heavy atom. The normalized spacial score (nSPS) is 15.7. The van der Waals surface area contributed by atoms with E-state index in [1.807, 2.05) is 0 Å². The highest BCUT2D eigenvalue weighted by Gasteiger charge is 2.45. The number of anilines is 1. The van der Waals surface area contributed by atoms with Gasteiger partial charge in [0.05, 0.1) is 54.2 Å². The highest BCUT2D eigenvalue weighted by molar-refractivity contribution is 5.99. The minimum atomic E-state index is -4.63. The third kappa shape index (κ3) is 6.17. The number of esters is 1. The lowest BCUT2D eigenvalue weighted by molar-refractivity contribution is -0.167. The zero-order chi connectivity index (χ0) is 35.9. The Balaban J connectivity index is 1.34. The number of carbonyl (C=O) groups is 2. The zero-order valence-electron chi connectivity index (χ0n) is 27.0. The first-order valence-electron chi connectivity index (χ1n) is 15.3. The molecule has 1 N–H and O–H groups in total. The van der Waals surface area contributed by atoms with Crippen LogP contribution < -0.4 is 21.5 Å². The molecule has 50 heavy (non-hydrogen) atoms. The molecule has 0 radical (unpaired) electrons. The summed E-state index contributed by atoms with van der Waals surface area (Å²) < 4.78 is 68.7. The number of amides is 1. The molecule has 2 atom stereocenters. The van der Waals surface area contributed by atoms with Gasteiger partial charge in [-0.2, -0.15) is 13.2 Å². The van der Waals surface area contributed by atoms with Crippen LogP contribution in [-0.4, -0.2) is 76.1 Å². The lowest BCUT2D eigenvalue weighted by Gasteiger charge is -2.38. The number of fused-ring (bicyclic) bond motifs is 2. The average molecular weight is 695 g/mol. The number of aromatic nitrogens is 4. The van der Waals surface area contributed by atoms with E-state index in [1.54, 1.807) is 18.2 Å². The van der Waals surface area contributed by atoms with Gasteiger partial charge in [0.1, 0.15) is 17.9 Å². The number of halogens is 4. The van der Waals surface area contributed by atoms with Crippen molar-refractivity contribution in [1.29, 1.82) is 0 Å². The number of rotatable bonds is 7. The van der Waals surface area contributed by atoms with Crippen molar-refractivity contribution in [1.82, 2.24) is 24.4 Å². The van der Waals surface area contributed by atoms with Crippen LogP contribution in [0.25, 0.3) is 27.5 Å². The van der Waals surface area contributed by atoms with Gasteiger partial charge in [0.15, 0.2) is 0 Å². The Morgan fingerprint density at radius 1 is 1.12 bits per heavy atom. The maximum atomic E-state index is 15.5. The van der Waals surface area contributed by atoms with Crippen molar-refractivity contribution >= 4 is 39.4 Å². The van der Waals surface area contributed by atoms with E-state index in [9.17, 15) is 32.3 Å². The fraction of sp³-hybridized carbons (Fsp3) is 0.294. The molecule has 260 valence electrons. The maximum absolute atomic E-state index is 15.5. The van der Waals surface area contributed by atoms with Crippen LogP contribution in [0.15, 0.2) is 70.6 Å². The maximum Gasteiger partial charge on any atom is 0.411 e. The quantitative estimate of drug-likeness (QED) is 0.201. The number of hydrogen-bond donors (Lipinski definition) is 1. The summed E-state index contributed by atoms with van der Waals surface area (Å²) in [6, 6.07) is 6.65. The summed E-state index contributed by atoms with van der Waals surface area (Å²) in [5.41, 5.74) is -0.450. The van der Waals surface area contributed by atoms with Crippen LogP contribution in [0.5, 0.6) is 0 Å². The van der Waals surface area contributed by atoms with Crippen LogP contribution in [0.3, 0.4) is 0 Å². The Labute approximate surface area is 280 Å². The monoisotopic (exact) mass is 694 g/mol. The van der Waals surface area contributed by atoms with E-state index < -0.39 is 59.4 Å². The summed E-state index contributed by atoms with van der Waals surface area (Å²) >= 11 is 0. The molecule has 0 bridgehead atoms. The minimum Gasteiger partial charge on any atom is -0.467 e. The third-order valence-electron chi connectivity index (χ3n) is 8.70. The number of hydrogen-bond acceptors (Lipinski definition) is 9. The fourth-order valence-electron chi connectivity index (χ4n) is 6.23. The SMILES string of the molecule is COC(=O)[C@H](Cc1ccc(-n2c(=O)c3ccncc3n(C)c2=O)c2ncccc12)NC(=O)c1c(C)cc(N2CCOC[C@@H]2C(F)(F)F)cc1F. The van der Waals surface area contributed by atoms with Crippen LogP contribution in [0.2, 0.25) is 0 Å². The molecule has 0 aliphatic carbocycles. The first-order valence-corrected chi connectivity index (χ1v) is 15.3. The number of pyridine rings is 2. The zero-order valence-corrected chi connectivity index (χ0v) is 27.0. The second-order valence-electron chi connectivity index (χ2n) is 11.7. The topological polar surface area (TPSA) is 138 Å². The van der Waals surface area contributed by atoms with Gasteiger partial charge in [-0.1, -0.05) is 12.1 Å². The summed E-state index contributed by atoms with van der Waals surface area (Å²) in [5, 5.41) is 3.21. The largest absolute Gasteiger partial charge is 0.467 e. The Hall–Kier alpha value is -5.64. The molecule has 3 aromatic heterocycles. The van der Waals surface area contributed by atoms with Gasteiger partial charge >= 0.3 is 17.8 Å². The summed E-state index contributed by atoms with van der Waals surface area (Å²) in [5.74, 6) is -2.93. The summed E-state index contributed by atoms with van der Waals surface area (Å²) in [4.78, 5) is 62.7.